The van der Waals surface area contributed by atoms with Crippen molar-refractivity contribution in [2.45, 2.75) is 6.03 Å². The molecule has 0 atom stereocenters. The molecule has 8 N–H and O–H groups in total. The topological polar surface area (TPSA) is 189 Å². The zero-order chi connectivity index (χ0) is 17.6. The summed E-state index contributed by atoms with van der Waals surface area (Å²) in [5, 5.41) is 17.7. The molecule has 1 aliphatic heterocycles. The van der Waals surface area contributed by atoms with Crippen molar-refractivity contribution in [3.8, 4) is 0 Å². The maximum atomic E-state index is 11.8. The minimum absolute atomic E-state index is 0.0449. The average molecular weight is 336 g/mol. The standard InChI is InChI=1S/C11H18N4O8/c12-11(13)22-9(20)5-14(3-7(16)17)1-2-15(4-8(18)19)6-10(21)23-11/h1-6,12-13H2,(H,16,17)(H,18,19)/p+2. The van der Waals surface area contributed by atoms with E-state index in [9.17, 15) is 19.2 Å². The highest BCUT2D eigenvalue weighted by Gasteiger charge is 2.40. The van der Waals surface area contributed by atoms with Crippen LogP contribution in [0.25, 0.3) is 0 Å². The molecule has 1 rings (SSSR count). The van der Waals surface area contributed by atoms with Crippen LogP contribution in [-0.4, -0.2) is 89.2 Å². The summed E-state index contributed by atoms with van der Waals surface area (Å²) >= 11 is 0. The summed E-state index contributed by atoms with van der Waals surface area (Å²) in [4.78, 5) is 47.6. The van der Waals surface area contributed by atoms with Gasteiger partial charge in [0.25, 0.3) is 0 Å². The normalized spacial score (nSPS) is 21.0. The van der Waals surface area contributed by atoms with Gasteiger partial charge in [-0.25, -0.2) is 11.5 Å². The van der Waals surface area contributed by atoms with Crippen LogP contribution in [-0.2, 0) is 28.7 Å². The van der Waals surface area contributed by atoms with Crippen molar-refractivity contribution in [3.05, 3.63) is 0 Å². The van der Waals surface area contributed by atoms with Crippen LogP contribution >= 0.6 is 0 Å². The third kappa shape index (κ3) is 7.51. The van der Waals surface area contributed by atoms with Gasteiger partial charge in [-0.3, -0.25) is 29.0 Å². The second-order valence-electron chi connectivity index (χ2n) is 5.07. The van der Waals surface area contributed by atoms with Crippen molar-refractivity contribution < 1.29 is 50.3 Å². The second-order valence-corrected chi connectivity index (χ2v) is 5.07. The van der Waals surface area contributed by atoms with Crippen LogP contribution in [0.3, 0.4) is 0 Å². The molecule has 0 radical (unpaired) electrons. The minimum atomic E-state index is -2.03. The molecule has 12 nitrogen and oxygen atoms in total. The molecule has 12 heteroatoms. The van der Waals surface area contributed by atoms with Crippen LogP contribution in [0.15, 0.2) is 0 Å². The summed E-state index contributed by atoms with van der Waals surface area (Å²) in [6.07, 6.45) is 0. The molecule has 1 aliphatic rings. The zero-order valence-electron chi connectivity index (χ0n) is 12.4. The number of quaternary nitrogens is 2. The Hall–Kier alpha value is -2.28. The van der Waals surface area contributed by atoms with E-state index in [1.54, 1.807) is 0 Å². The first-order valence-corrected chi connectivity index (χ1v) is 6.60. The van der Waals surface area contributed by atoms with Gasteiger partial charge in [-0.1, -0.05) is 0 Å². The maximum absolute atomic E-state index is 11.8. The monoisotopic (exact) mass is 336 g/mol. The fourth-order valence-corrected chi connectivity index (χ4v) is 1.96. The first-order valence-electron chi connectivity index (χ1n) is 6.60. The quantitative estimate of drug-likeness (QED) is 0.285. The summed E-state index contributed by atoms with van der Waals surface area (Å²) < 4.78 is 9.59. The van der Waals surface area contributed by atoms with Gasteiger partial charge in [0.15, 0.2) is 0 Å². The summed E-state index contributed by atoms with van der Waals surface area (Å²) in [5.74, 6) is -4.06. The average Bonchev–Trinajstić information content (AvgIpc) is 2.32. The van der Waals surface area contributed by atoms with Crippen molar-refractivity contribution in [3.63, 3.8) is 0 Å². The van der Waals surface area contributed by atoms with E-state index in [0.29, 0.717) is 0 Å². The number of ether oxygens (including phenoxy) is 2. The van der Waals surface area contributed by atoms with Crippen molar-refractivity contribution in [2.75, 3.05) is 39.3 Å². The summed E-state index contributed by atoms with van der Waals surface area (Å²) in [5.41, 5.74) is 6.68. The Kier molecular flexibility index (Phi) is 6.38. The third-order valence-electron chi connectivity index (χ3n) is 2.76. The van der Waals surface area contributed by atoms with Gasteiger partial charge >= 0.3 is 29.9 Å². The predicted molar refractivity (Wildman–Crippen MR) is 68.8 cm³/mol. The van der Waals surface area contributed by atoms with Gasteiger partial charge in [0.05, 0.1) is 26.2 Å². The van der Waals surface area contributed by atoms with Crippen LogP contribution in [0.1, 0.15) is 0 Å². The Morgan fingerprint density at radius 2 is 1.30 bits per heavy atom. The SMILES string of the molecule is [NH3+]C1([NH3+])OC(=O)CN(CC(=O)O)CCN(CC(=O)O)CC(=O)O1. The number of carboxylic acids is 2. The summed E-state index contributed by atoms with van der Waals surface area (Å²) in [7, 11) is 0. The number of carbonyl (C=O) groups excluding carboxylic acids is 2. The van der Waals surface area contributed by atoms with E-state index >= 15 is 0 Å². The van der Waals surface area contributed by atoms with E-state index in [4.69, 9.17) is 19.7 Å². The molecule has 0 amide bonds. The van der Waals surface area contributed by atoms with Gasteiger partial charge in [0.2, 0.25) is 0 Å². The van der Waals surface area contributed by atoms with Gasteiger partial charge in [-0.15, -0.1) is 0 Å². The largest absolute Gasteiger partial charge is 0.557 e. The number of cyclic esters (lactones) is 2. The molecule has 0 unspecified atom stereocenters. The molecule has 0 aliphatic carbocycles. The first kappa shape index (κ1) is 18.8. The van der Waals surface area contributed by atoms with Crippen molar-refractivity contribution >= 4 is 23.9 Å². The van der Waals surface area contributed by atoms with Crippen molar-refractivity contribution in [1.29, 1.82) is 0 Å². The smallest absolute Gasteiger partial charge is 0.480 e. The fourth-order valence-electron chi connectivity index (χ4n) is 1.96. The number of aliphatic carboxylic acids is 2. The number of rotatable bonds is 4. The number of carbonyl (C=O) groups is 4. The highest BCUT2D eigenvalue weighted by Crippen LogP contribution is 2.02. The lowest BCUT2D eigenvalue weighted by molar-refractivity contribution is -0.832. The number of hydrogen-bond acceptors (Lipinski definition) is 8. The van der Waals surface area contributed by atoms with Gasteiger partial charge in [0.1, 0.15) is 0 Å². The molecule has 130 valence electrons. The van der Waals surface area contributed by atoms with E-state index in [2.05, 4.69) is 11.5 Å². The first-order chi connectivity index (χ1) is 10.6. The van der Waals surface area contributed by atoms with Crippen molar-refractivity contribution in [2.24, 2.45) is 0 Å². The lowest BCUT2D eigenvalue weighted by Gasteiger charge is -2.23. The Bertz CT molecular complexity index is 452. The molecule has 0 spiro atoms. The Labute approximate surface area is 130 Å². The zero-order valence-corrected chi connectivity index (χ0v) is 12.4. The molecular formula is C11H20N4O8+2. The lowest BCUT2D eigenvalue weighted by atomic mass is 10.4. The summed E-state index contributed by atoms with van der Waals surface area (Å²) in [6, 6.07) is -2.03. The van der Waals surface area contributed by atoms with E-state index in [0.717, 1.165) is 0 Å². The van der Waals surface area contributed by atoms with Crippen LogP contribution < -0.4 is 11.5 Å². The van der Waals surface area contributed by atoms with Gasteiger partial charge in [-0.2, -0.15) is 0 Å². The second kappa shape index (κ2) is 7.82. The van der Waals surface area contributed by atoms with Gasteiger partial charge < -0.3 is 19.7 Å². The molecule has 1 fully saturated rings. The highest BCUT2D eigenvalue weighted by atomic mass is 16.8. The van der Waals surface area contributed by atoms with E-state index in [1.165, 1.54) is 9.80 Å². The molecule has 0 aromatic carbocycles. The predicted octanol–water partition coefficient (Wildman–Crippen LogP) is -5.05. The van der Waals surface area contributed by atoms with E-state index < -0.39 is 56.1 Å². The van der Waals surface area contributed by atoms with E-state index in [1.807, 2.05) is 0 Å². The maximum Gasteiger partial charge on any atom is 0.557 e. The van der Waals surface area contributed by atoms with Gasteiger partial charge in [0, 0.05) is 13.1 Å². The fraction of sp³-hybridized carbons (Fsp3) is 0.636. The van der Waals surface area contributed by atoms with E-state index in [-0.39, 0.29) is 13.1 Å². The number of esters is 2. The van der Waals surface area contributed by atoms with Crippen LogP contribution in [0.4, 0.5) is 0 Å². The van der Waals surface area contributed by atoms with Crippen LogP contribution in [0, 0.1) is 0 Å². The molecule has 0 saturated carbocycles. The Morgan fingerprint density at radius 3 is 1.61 bits per heavy atom. The highest BCUT2D eigenvalue weighted by molar-refractivity contribution is 5.76. The molecule has 0 aromatic heterocycles. The molecule has 0 bridgehead atoms. The molecule has 23 heavy (non-hydrogen) atoms. The third-order valence-corrected chi connectivity index (χ3v) is 2.76. The molecule has 1 saturated heterocycles. The molecule has 0 aromatic rings. The molecular weight excluding hydrogens is 316 g/mol. The lowest BCUT2D eigenvalue weighted by Crippen LogP contribution is -2.98. The molecule has 1 heterocycles. The van der Waals surface area contributed by atoms with Crippen LogP contribution in [0.2, 0.25) is 0 Å². The Morgan fingerprint density at radius 1 is 0.957 bits per heavy atom. The number of carboxylic acid groups (broad SMARTS) is 2. The minimum Gasteiger partial charge on any atom is -0.480 e. The Balaban J connectivity index is 2.92. The summed E-state index contributed by atoms with van der Waals surface area (Å²) in [6.45, 7) is -1.60. The van der Waals surface area contributed by atoms with Crippen LogP contribution in [0.5, 0.6) is 0 Å². The van der Waals surface area contributed by atoms with Gasteiger partial charge in [-0.05, 0) is 0 Å². The number of nitrogens with zero attached hydrogens (tertiary/aromatic N) is 2. The number of hydrogen-bond donors (Lipinski definition) is 4. The van der Waals surface area contributed by atoms with Crippen molar-refractivity contribution in [1.82, 2.24) is 9.80 Å².